The van der Waals surface area contributed by atoms with Crippen LogP contribution in [0, 0.1) is 22.7 Å². The second kappa shape index (κ2) is 4.98. The molecule has 0 bridgehead atoms. The number of nitriles is 2. The van der Waals surface area contributed by atoms with Crippen LogP contribution < -0.4 is 0 Å². The number of imidazole rings is 1. The summed E-state index contributed by atoms with van der Waals surface area (Å²) in [4.78, 5) is 18.5. The zero-order chi connectivity index (χ0) is 13.8. The third-order valence-corrected chi connectivity index (χ3v) is 2.41. The predicted octanol–water partition coefficient (Wildman–Crippen LogP) is 0.768. The molecular formula is C12H7N5O2. The molecule has 0 unspecified atom stereocenters. The molecule has 7 nitrogen and oxygen atoms in total. The third kappa shape index (κ3) is 2.40. The maximum absolute atomic E-state index is 10.8. The molecule has 92 valence electrons. The number of aromatic carboxylic acids is 1. The van der Waals surface area contributed by atoms with Crippen LogP contribution in [-0.4, -0.2) is 25.6 Å². The molecule has 1 N–H and O–H groups in total. The Balaban J connectivity index is 2.35. The molecule has 7 heteroatoms. The van der Waals surface area contributed by atoms with Crippen LogP contribution in [0.1, 0.15) is 27.6 Å². The van der Waals surface area contributed by atoms with Crippen LogP contribution in [0.2, 0.25) is 0 Å². The molecule has 0 spiro atoms. The van der Waals surface area contributed by atoms with Crippen LogP contribution >= 0.6 is 0 Å². The number of nitrogens with zero attached hydrogens (tertiary/aromatic N) is 5. The van der Waals surface area contributed by atoms with Crippen molar-refractivity contribution in [2.24, 2.45) is 0 Å². The highest BCUT2D eigenvalue weighted by atomic mass is 16.4. The summed E-state index contributed by atoms with van der Waals surface area (Å²) in [5, 5.41) is 26.6. The molecule has 0 aliphatic rings. The smallest absolute Gasteiger partial charge is 0.354 e. The molecule has 2 aromatic heterocycles. The van der Waals surface area contributed by atoms with Gasteiger partial charge in [-0.2, -0.15) is 10.5 Å². The summed E-state index contributed by atoms with van der Waals surface area (Å²) in [7, 11) is 0. The van der Waals surface area contributed by atoms with Gasteiger partial charge in [0, 0.05) is 0 Å². The highest BCUT2D eigenvalue weighted by molar-refractivity contribution is 5.85. The summed E-state index contributed by atoms with van der Waals surface area (Å²) < 4.78 is 1.45. The van der Waals surface area contributed by atoms with Crippen molar-refractivity contribution in [2.75, 3.05) is 0 Å². The average Bonchev–Trinajstić information content (AvgIpc) is 2.80. The summed E-state index contributed by atoms with van der Waals surface area (Å²) in [6.45, 7) is 0.179. The van der Waals surface area contributed by atoms with E-state index >= 15 is 0 Å². The van der Waals surface area contributed by atoms with Crippen LogP contribution in [0.5, 0.6) is 0 Å². The number of hydrogen-bond donors (Lipinski definition) is 1. The molecule has 19 heavy (non-hydrogen) atoms. The van der Waals surface area contributed by atoms with Crippen molar-refractivity contribution in [3.05, 3.63) is 47.3 Å². The fraction of sp³-hybridized carbons (Fsp3) is 0.0833. The van der Waals surface area contributed by atoms with Crippen molar-refractivity contribution in [3.8, 4) is 12.1 Å². The summed E-state index contributed by atoms with van der Waals surface area (Å²) in [6.07, 6.45) is 1.35. The van der Waals surface area contributed by atoms with E-state index in [-0.39, 0.29) is 23.6 Å². The highest BCUT2D eigenvalue weighted by Crippen LogP contribution is 2.08. The van der Waals surface area contributed by atoms with Crippen LogP contribution in [0.15, 0.2) is 24.5 Å². The lowest BCUT2D eigenvalue weighted by molar-refractivity contribution is 0.0690. The van der Waals surface area contributed by atoms with Crippen molar-refractivity contribution in [2.45, 2.75) is 6.54 Å². The molecule has 0 atom stereocenters. The Morgan fingerprint density at radius 3 is 2.79 bits per heavy atom. The second-order valence-electron chi connectivity index (χ2n) is 3.61. The van der Waals surface area contributed by atoms with Gasteiger partial charge in [-0.3, -0.25) is 0 Å². The van der Waals surface area contributed by atoms with Gasteiger partial charge in [-0.1, -0.05) is 6.07 Å². The van der Waals surface area contributed by atoms with Gasteiger partial charge >= 0.3 is 5.97 Å². The fourth-order valence-electron chi connectivity index (χ4n) is 1.56. The number of carboxylic acids is 1. The number of pyridine rings is 1. The van der Waals surface area contributed by atoms with E-state index in [1.165, 1.54) is 17.0 Å². The van der Waals surface area contributed by atoms with E-state index in [1.54, 1.807) is 12.1 Å². The van der Waals surface area contributed by atoms with Crippen molar-refractivity contribution in [1.29, 1.82) is 10.5 Å². The number of carboxylic acid groups (broad SMARTS) is 1. The lowest BCUT2D eigenvalue weighted by Crippen LogP contribution is -2.07. The monoisotopic (exact) mass is 253 g/mol. The van der Waals surface area contributed by atoms with Gasteiger partial charge in [-0.15, -0.1) is 0 Å². The molecule has 0 radical (unpaired) electrons. The van der Waals surface area contributed by atoms with E-state index in [1.807, 2.05) is 12.1 Å². The van der Waals surface area contributed by atoms with Gasteiger partial charge in [0.15, 0.2) is 11.4 Å². The molecule has 0 saturated heterocycles. The summed E-state index contributed by atoms with van der Waals surface area (Å²) in [5.74, 6) is -1.12. The van der Waals surface area contributed by atoms with E-state index in [0.29, 0.717) is 5.69 Å². The van der Waals surface area contributed by atoms with Crippen LogP contribution in [0.4, 0.5) is 0 Å². The topological polar surface area (TPSA) is 116 Å². The molecule has 0 aromatic carbocycles. The molecule has 0 amide bonds. The van der Waals surface area contributed by atoms with Gasteiger partial charge in [0.1, 0.15) is 17.8 Å². The molecule has 0 aliphatic heterocycles. The van der Waals surface area contributed by atoms with E-state index in [2.05, 4.69) is 9.97 Å². The van der Waals surface area contributed by atoms with Crippen molar-refractivity contribution in [3.63, 3.8) is 0 Å². The summed E-state index contributed by atoms with van der Waals surface area (Å²) >= 11 is 0. The molecular weight excluding hydrogens is 246 g/mol. The fourth-order valence-corrected chi connectivity index (χ4v) is 1.56. The minimum Gasteiger partial charge on any atom is -0.477 e. The predicted molar refractivity (Wildman–Crippen MR) is 62.0 cm³/mol. The van der Waals surface area contributed by atoms with Crippen molar-refractivity contribution < 1.29 is 9.90 Å². The number of aromatic nitrogens is 3. The van der Waals surface area contributed by atoms with Gasteiger partial charge in [-0.05, 0) is 12.1 Å². The van der Waals surface area contributed by atoms with Crippen molar-refractivity contribution >= 4 is 5.97 Å². The van der Waals surface area contributed by atoms with Crippen LogP contribution in [-0.2, 0) is 6.54 Å². The molecule has 0 saturated carbocycles. The maximum Gasteiger partial charge on any atom is 0.354 e. The Morgan fingerprint density at radius 1 is 1.37 bits per heavy atom. The molecule has 2 rings (SSSR count). The molecule has 0 aliphatic carbocycles. The van der Waals surface area contributed by atoms with E-state index < -0.39 is 5.97 Å². The molecule has 0 fully saturated rings. The SMILES string of the molecule is N#Cc1ncn(Cc2cccc(C(=O)O)n2)c1C#N. The largest absolute Gasteiger partial charge is 0.477 e. The Bertz CT molecular complexity index is 720. The van der Waals surface area contributed by atoms with Gasteiger partial charge in [0.25, 0.3) is 0 Å². The molecule has 2 heterocycles. The Kier molecular flexibility index (Phi) is 3.22. The van der Waals surface area contributed by atoms with Gasteiger partial charge in [-0.25, -0.2) is 14.8 Å². The standard InChI is InChI=1S/C12H7N5O2/c13-4-10-11(5-14)17(7-15-10)6-8-2-1-3-9(16-8)12(18)19/h1-3,7H,6H2,(H,18,19). The minimum absolute atomic E-state index is 0.0388. The summed E-state index contributed by atoms with van der Waals surface area (Å²) in [5.41, 5.74) is 0.567. The Labute approximate surface area is 108 Å². The zero-order valence-electron chi connectivity index (χ0n) is 9.61. The van der Waals surface area contributed by atoms with Crippen molar-refractivity contribution in [1.82, 2.24) is 14.5 Å². The van der Waals surface area contributed by atoms with E-state index in [0.717, 1.165) is 0 Å². The second-order valence-corrected chi connectivity index (χ2v) is 3.61. The number of carbonyl (C=O) groups is 1. The first kappa shape index (κ1) is 12.3. The lowest BCUT2D eigenvalue weighted by Gasteiger charge is -2.04. The van der Waals surface area contributed by atoms with Gasteiger partial charge in [0.05, 0.1) is 18.6 Å². The summed E-state index contributed by atoms with van der Waals surface area (Å²) in [6, 6.07) is 8.29. The number of rotatable bonds is 3. The zero-order valence-corrected chi connectivity index (χ0v) is 9.61. The average molecular weight is 253 g/mol. The third-order valence-electron chi connectivity index (χ3n) is 2.41. The van der Waals surface area contributed by atoms with Crippen LogP contribution in [0.3, 0.4) is 0 Å². The number of hydrogen-bond acceptors (Lipinski definition) is 5. The minimum atomic E-state index is -1.12. The lowest BCUT2D eigenvalue weighted by atomic mass is 10.3. The van der Waals surface area contributed by atoms with Crippen LogP contribution in [0.25, 0.3) is 0 Å². The van der Waals surface area contributed by atoms with Gasteiger partial charge < -0.3 is 9.67 Å². The highest BCUT2D eigenvalue weighted by Gasteiger charge is 2.11. The first-order chi connectivity index (χ1) is 9.15. The van der Waals surface area contributed by atoms with Gasteiger partial charge in [0.2, 0.25) is 0 Å². The quantitative estimate of drug-likeness (QED) is 0.863. The first-order valence-electron chi connectivity index (χ1n) is 5.20. The molecule has 2 aromatic rings. The van der Waals surface area contributed by atoms with E-state index in [9.17, 15) is 4.79 Å². The first-order valence-corrected chi connectivity index (χ1v) is 5.20. The normalized spacial score (nSPS) is 9.58. The Hall–Kier alpha value is -3.19. The van der Waals surface area contributed by atoms with E-state index in [4.69, 9.17) is 15.6 Å². The maximum atomic E-state index is 10.8. The Morgan fingerprint density at radius 2 is 2.16 bits per heavy atom.